The van der Waals surface area contributed by atoms with E-state index in [0.29, 0.717) is 0 Å². The maximum Gasteiger partial charge on any atom is 0.127 e. The average Bonchev–Trinajstić information content (AvgIpc) is 3.07. The van der Waals surface area contributed by atoms with E-state index in [1.54, 1.807) is 0 Å². The Balaban J connectivity index is 1.65. The smallest absolute Gasteiger partial charge is 0.127 e. The topological polar surface area (TPSA) is 20.3 Å². The summed E-state index contributed by atoms with van der Waals surface area (Å²) in [4.78, 5) is 14.5. The molecular weight excluding hydrogens is 246 g/mol. The van der Waals surface area contributed by atoms with Crippen molar-refractivity contribution in [2.45, 2.75) is 83.1 Å². The number of carbonyl (C=O) groups excluding carboxylic acids is 1. The Morgan fingerprint density at radius 3 is 2.25 bits per heavy atom. The summed E-state index contributed by atoms with van der Waals surface area (Å²) < 4.78 is 0. The Hall–Kier alpha value is -0.370. The van der Waals surface area contributed by atoms with Crippen LogP contribution in [0.25, 0.3) is 0 Å². The van der Waals surface area contributed by atoms with Gasteiger partial charge in [-0.1, -0.05) is 38.5 Å². The maximum atomic E-state index is 11.8. The van der Waals surface area contributed by atoms with Gasteiger partial charge in [0.05, 0.1) is 0 Å². The molecule has 1 unspecified atom stereocenters. The molecule has 3 rings (SSSR count). The van der Waals surface area contributed by atoms with E-state index in [4.69, 9.17) is 0 Å². The Kier molecular flexibility index (Phi) is 4.80. The minimum absolute atomic E-state index is 0.00229. The van der Waals surface area contributed by atoms with Crippen LogP contribution in [0.4, 0.5) is 0 Å². The first kappa shape index (κ1) is 14.6. The van der Waals surface area contributed by atoms with Gasteiger partial charge in [-0.15, -0.1) is 0 Å². The van der Waals surface area contributed by atoms with Crippen LogP contribution in [0, 0.1) is 11.3 Å². The molecule has 2 nitrogen and oxygen atoms in total. The van der Waals surface area contributed by atoms with E-state index in [-0.39, 0.29) is 5.41 Å². The van der Waals surface area contributed by atoms with Crippen LogP contribution in [-0.4, -0.2) is 30.3 Å². The fourth-order valence-corrected chi connectivity index (χ4v) is 5.07. The largest absolute Gasteiger partial charge is 0.303 e. The van der Waals surface area contributed by atoms with Gasteiger partial charge < -0.3 is 4.79 Å². The molecule has 0 aromatic rings. The van der Waals surface area contributed by atoms with Crippen molar-refractivity contribution in [2.24, 2.45) is 11.3 Å². The molecule has 0 N–H and O–H groups in total. The van der Waals surface area contributed by atoms with E-state index in [1.807, 2.05) is 0 Å². The summed E-state index contributed by atoms with van der Waals surface area (Å²) in [5, 5.41) is 0. The first-order valence-corrected chi connectivity index (χ1v) is 9.03. The third-order valence-electron chi connectivity index (χ3n) is 6.23. The fourth-order valence-electron chi connectivity index (χ4n) is 5.07. The van der Waals surface area contributed by atoms with Crippen LogP contribution in [0.5, 0.6) is 0 Å². The molecule has 0 aromatic heterocycles. The van der Waals surface area contributed by atoms with Crippen molar-refractivity contribution in [3.8, 4) is 0 Å². The predicted molar refractivity (Wildman–Crippen MR) is 82.8 cm³/mol. The molecule has 0 aromatic carbocycles. The summed E-state index contributed by atoms with van der Waals surface area (Å²) in [6.07, 6.45) is 17.3. The van der Waals surface area contributed by atoms with Crippen LogP contribution in [0.2, 0.25) is 0 Å². The molecule has 0 bridgehead atoms. The summed E-state index contributed by atoms with van der Waals surface area (Å²) in [5.41, 5.74) is -0.00229. The molecule has 20 heavy (non-hydrogen) atoms. The first-order valence-electron chi connectivity index (χ1n) is 9.03. The van der Waals surface area contributed by atoms with Crippen LogP contribution in [0.3, 0.4) is 0 Å². The summed E-state index contributed by atoms with van der Waals surface area (Å²) in [7, 11) is 0. The van der Waals surface area contributed by atoms with E-state index < -0.39 is 0 Å². The molecule has 114 valence electrons. The lowest BCUT2D eigenvalue weighted by atomic mass is 9.80. The number of carbonyl (C=O) groups is 1. The van der Waals surface area contributed by atoms with Crippen molar-refractivity contribution >= 4 is 6.29 Å². The summed E-state index contributed by atoms with van der Waals surface area (Å²) in [6.45, 7) is 2.31. The molecule has 0 amide bonds. The maximum absolute atomic E-state index is 11.8. The lowest BCUT2D eigenvalue weighted by Gasteiger charge is -2.37. The van der Waals surface area contributed by atoms with Crippen molar-refractivity contribution in [2.75, 3.05) is 13.1 Å². The van der Waals surface area contributed by atoms with Crippen molar-refractivity contribution in [3.05, 3.63) is 0 Å². The van der Waals surface area contributed by atoms with Crippen molar-refractivity contribution in [1.29, 1.82) is 0 Å². The Bertz CT molecular complexity index is 313. The molecule has 1 heterocycles. The Labute approximate surface area is 124 Å². The number of hydrogen-bond acceptors (Lipinski definition) is 2. The number of likely N-dealkylation sites (tertiary alicyclic amines) is 1. The number of hydrogen-bond donors (Lipinski definition) is 0. The van der Waals surface area contributed by atoms with Crippen molar-refractivity contribution < 1.29 is 4.79 Å². The molecule has 2 heteroatoms. The lowest BCUT2D eigenvalue weighted by molar-refractivity contribution is -0.118. The zero-order valence-electron chi connectivity index (χ0n) is 13.0. The molecule has 0 radical (unpaired) electrons. The molecule has 2 aliphatic carbocycles. The molecule has 1 aliphatic heterocycles. The van der Waals surface area contributed by atoms with Gasteiger partial charge in [-0.25, -0.2) is 0 Å². The molecular formula is C18H31NO. The highest BCUT2D eigenvalue weighted by Gasteiger charge is 2.39. The highest BCUT2D eigenvalue weighted by molar-refractivity contribution is 5.59. The second-order valence-corrected chi connectivity index (χ2v) is 7.62. The number of aldehydes is 1. The van der Waals surface area contributed by atoms with Gasteiger partial charge in [-0.3, -0.25) is 4.90 Å². The minimum Gasteiger partial charge on any atom is -0.303 e. The molecule has 2 saturated carbocycles. The lowest BCUT2D eigenvalue weighted by Crippen LogP contribution is -2.43. The first-order chi connectivity index (χ1) is 9.83. The van der Waals surface area contributed by atoms with E-state index >= 15 is 0 Å². The Morgan fingerprint density at radius 2 is 1.60 bits per heavy atom. The van der Waals surface area contributed by atoms with E-state index in [1.165, 1.54) is 77.0 Å². The molecule has 1 saturated heterocycles. The van der Waals surface area contributed by atoms with Gasteiger partial charge in [-0.05, 0) is 51.0 Å². The third kappa shape index (κ3) is 3.10. The predicted octanol–water partition coefficient (Wildman–Crippen LogP) is 4.18. The number of rotatable bonds is 4. The number of nitrogens with zero attached hydrogens (tertiary/aromatic N) is 1. The van der Waals surface area contributed by atoms with Gasteiger partial charge >= 0.3 is 0 Å². The van der Waals surface area contributed by atoms with E-state index in [0.717, 1.165) is 31.3 Å². The quantitative estimate of drug-likeness (QED) is 0.567. The standard InChI is InChI=1S/C18H31NO/c20-15-18(11-5-1-2-6-12-18)14-19-13-7-10-17(19)16-8-3-4-9-16/h15-17H,1-14H2. The second-order valence-electron chi connectivity index (χ2n) is 7.62. The zero-order valence-corrected chi connectivity index (χ0v) is 13.0. The monoisotopic (exact) mass is 277 g/mol. The van der Waals surface area contributed by atoms with Crippen LogP contribution < -0.4 is 0 Å². The van der Waals surface area contributed by atoms with Crippen LogP contribution in [0.15, 0.2) is 0 Å². The average molecular weight is 277 g/mol. The SMILES string of the molecule is O=CC1(CN2CCCC2C2CCCC2)CCCCCC1. The molecule has 3 aliphatic rings. The molecule has 3 fully saturated rings. The minimum atomic E-state index is -0.00229. The summed E-state index contributed by atoms with van der Waals surface area (Å²) in [6, 6.07) is 0.803. The molecule has 1 atom stereocenters. The fraction of sp³-hybridized carbons (Fsp3) is 0.944. The van der Waals surface area contributed by atoms with Crippen LogP contribution >= 0.6 is 0 Å². The van der Waals surface area contributed by atoms with Gasteiger partial charge in [0.1, 0.15) is 6.29 Å². The van der Waals surface area contributed by atoms with E-state index in [2.05, 4.69) is 4.90 Å². The van der Waals surface area contributed by atoms with Crippen LogP contribution in [0.1, 0.15) is 77.0 Å². The van der Waals surface area contributed by atoms with Gasteiger partial charge in [-0.2, -0.15) is 0 Å². The summed E-state index contributed by atoms with van der Waals surface area (Å²) >= 11 is 0. The second kappa shape index (κ2) is 6.60. The third-order valence-corrected chi connectivity index (χ3v) is 6.23. The van der Waals surface area contributed by atoms with E-state index in [9.17, 15) is 4.79 Å². The van der Waals surface area contributed by atoms with Gasteiger partial charge in [0.2, 0.25) is 0 Å². The highest BCUT2D eigenvalue weighted by atomic mass is 16.1. The van der Waals surface area contributed by atoms with Gasteiger partial charge in [0, 0.05) is 18.0 Å². The van der Waals surface area contributed by atoms with Gasteiger partial charge in [0.15, 0.2) is 0 Å². The molecule has 0 spiro atoms. The van der Waals surface area contributed by atoms with Crippen molar-refractivity contribution in [3.63, 3.8) is 0 Å². The van der Waals surface area contributed by atoms with Crippen LogP contribution in [-0.2, 0) is 4.79 Å². The zero-order chi connectivity index (χ0) is 13.8. The normalized spacial score (nSPS) is 32.3. The highest BCUT2D eigenvalue weighted by Crippen LogP contribution is 2.40. The van der Waals surface area contributed by atoms with Crippen molar-refractivity contribution in [1.82, 2.24) is 4.90 Å². The summed E-state index contributed by atoms with van der Waals surface area (Å²) in [5.74, 6) is 0.937. The Morgan fingerprint density at radius 1 is 0.900 bits per heavy atom. The van der Waals surface area contributed by atoms with Gasteiger partial charge in [0.25, 0.3) is 0 Å².